The molecule has 0 aliphatic heterocycles. The Bertz CT molecular complexity index is 1620. The Balaban J connectivity index is 1.70. The van der Waals surface area contributed by atoms with Crippen LogP contribution in [-0.4, -0.2) is 64.6 Å². The smallest absolute Gasteiger partial charge is 0.251 e. The largest absolute Gasteiger partial charge is 0.493 e. The second kappa shape index (κ2) is 13.3. The van der Waals surface area contributed by atoms with E-state index in [1.54, 1.807) is 54.8 Å². The third-order valence-electron chi connectivity index (χ3n) is 8.23. The van der Waals surface area contributed by atoms with E-state index in [9.17, 15) is 4.79 Å². The van der Waals surface area contributed by atoms with Crippen LogP contribution in [0.3, 0.4) is 0 Å². The number of rotatable bonds is 10. The lowest BCUT2D eigenvalue weighted by Gasteiger charge is -2.29. The van der Waals surface area contributed by atoms with Gasteiger partial charge in [0.1, 0.15) is 0 Å². The molecule has 1 N–H and O–H groups in total. The van der Waals surface area contributed by atoms with Gasteiger partial charge in [-0.15, -0.1) is 0 Å². The molecule has 10 heteroatoms. The summed E-state index contributed by atoms with van der Waals surface area (Å²) < 4.78 is 33.7. The number of hydrogen-bond donors (Lipinski definition) is 1. The third kappa shape index (κ3) is 5.89. The number of amides is 1. The third-order valence-corrected chi connectivity index (χ3v) is 8.23. The molecule has 1 heterocycles. The van der Waals surface area contributed by atoms with E-state index < -0.39 is 0 Å². The van der Waals surface area contributed by atoms with Gasteiger partial charge in [0.2, 0.25) is 11.5 Å². The molecule has 44 heavy (non-hydrogen) atoms. The average molecular weight is 602 g/mol. The predicted octanol–water partition coefficient (Wildman–Crippen LogP) is 6.32. The van der Waals surface area contributed by atoms with Crippen molar-refractivity contribution < 1.29 is 33.2 Å². The lowest BCUT2D eigenvalue weighted by atomic mass is 9.86. The summed E-state index contributed by atoms with van der Waals surface area (Å²) in [5, 5.41) is 3.24. The van der Waals surface area contributed by atoms with E-state index in [1.165, 1.54) is 6.42 Å². The van der Waals surface area contributed by atoms with Crippen molar-refractivity contribution in [2.24, 2.45) is 5.92 Å². The first kappa shape index (κ1) is 30.7. The normalized spacial score (nSPS) is 16.2. The molecule has 0 unspecified atom stereocenters. The Morgan fingerprint density at radius 1 is 0.659 bits per heavy atom. The Kier molecular flexibility index (Phi) is 9.27. The van der Waals surface area contributed by atoms with E-state index in [2.05, 4.69) is 12.2 Å². The molecule has 1 fully saturated rings. The molecule has 5 rings (SSSR count). The molecular weight excluding hydrogens is 562 g/mol. The zero-order chi connectivity index (χ0) is 31.4. The Morgan fingerprint density at radius 2 is 1.14 bits per heavy atom. The van der Waals surface area contributed by atoms with Gasteiger partial charge in [-0.1, -0.05) is 19.8 Å². The van der Waals surface area contributed by atoms with Crippen LogP contribution >= 0.6 is 0 Å². The van der Waals surface area contributed by atoms with E-state index in [1.807, 2.05) is 30.3 Å². The molecule has 0 spiro atoms. The van der Waals surface area contributed by atoms with E-state index in [0.717, 1.165) is 19.3 Å². The van der Waals surface area contributed by atoms with Gasteiger partial charge in [-0.05, 0) is 61.2 Å². The molecule has 1 saturated carbocycles. The highest BCUT2D eigenvalue weighted by atomic mass is 16.5. The van der Waals surface area contributed by atoms with Crippen molar-refractivity contribution in [3.8, 4) is 57.0 Å². The topological polar surface area (TPSA) is 110 Å². The van der Waals surface area contributed by atoms with Gasteiger partial charge in [0, 0.05) is 22.7 Å². The number of ether oxygens (including phenoxy) is 6. The van der Waals surface area contributed by atoms with Crippen LogP contribution in [-0.2, 0) is 0 Å². The summed E-state index contributed by atoms with van der Waals surface area (Å²) in [5.41, 5.74) is 4.15. The van der Waals surface area contributed by atoms with Crippen LogP contribution in [0.5, 0.6) is 34.5 Å². The van der Waals surface area contributed by atoms with Crippen molar-refractivity contribution in [3.05, 3.63) is 48.0 Å². The van der Waals surface area contributed by atoms with E-state index in [4.69, 9.17) is 38.4 Å². The van der Waals surface area contributed by atoms with E-state index >= 15 is 0 Å². The minimum Gasteiger partial charge on any atom is -0.493 e. The zero-order valence-electron chi connectivity index (χ0n) is 26.3. The number of nitrogens with one attached hydrogen (secondary N) is 1. The summed E-state index contributed by atoms with van der Waals surface area (Å²) in [5.74, 6) is 3.13. The number of methoxy groups -OCH3 is 6. The van der Waals surface area contributed by atoms with Crippen LogP contribution < -0.4 is 33.7 Å². The maximum Gasteiger partial charge on any atom is 0.251 e. The first-order valence-corrected chi connectivity index (χ1v) is 14.6. The van der Waals surface area contributed by atoms with Crippen LogP contribution in [0.2, 0.25) is 0 Å². The molecule has 1 amide bonds. The van der Waals surface area contributed by atoms with Crippen molar-refractivity contribution in [1.29, 1.82) is 0 Å². The molecule has 4 aromatic rings. The van der Waals surface area contributed by atoms with Crippen molar-refractivity contribution in [3.63, 3.8) is 0 Å². The second-order valence-electron chi connectivity index (χ2n) is 10.8. The molecule has 1 aliphatic carbocycles. The summed E-state index contributed by atoms with van der Waals surface area (Å²) in [7, 11) is 9.36. The van der Waals surface area contributed by atoms with Crippen LogP contribution in [0.15, 0.2) is 42.5 Å². The predicted molar refractivity (Wildman–Crippen MR) is 169 cm³/mol. The van der Waals surface area contributed by atoms with Crippen LogP contribution in [0.4, 0.5) is 0 Å². The van der Waals surface area contributed by atoms with Gasteiger partial charge in [-0.25, -0.2) is 9.97 Å². The maximum atomic E-state index is 13.3. The van der Waals surface area contributed by atoms with Crippen molar-refractivity contribution >= 4 is 16.9 Å². The van der Waals surface area contributed by atoms with Gasteiger partial charge in [-0.3, -0.25) is 4.79 Å². The zero-order valence-corrected chi connectivity index (χ0v) is 26.3. The van der Waals surface area contributed by atoms with Crippen LogP contribution in [0.25, 0.3) is 33.5 Å². The molecule has 0 saturated heterocycles. The second-order valence-corrected chi connectivity index (χ2v) is 10.8. The number of benzene rings is 3. The molecule has 3 aromatic carbocycles. The van der Waals surface area contributed by atoms with Crippen molar-refractivity contribution in [1.82, 2.24) is 15.3 Å². The minimum atomic E-state index is -0.115. The number of carbonyl (C=O) groups excluding carboxylic acids is 1. The van der Waals surface area contributed by atoms with Crippen molar-refractivity contribution in [2.75, 3.05) is 42.7 Å². The molecule has 0 radical (unpaired) electrons. The number of nitrogens with zero attached hydrogens (tertiary/aromatic N) is 2. The Labute approximate surface area is 257 Å². The molecular formula is C34H39N3O7. The van der Waals surface area contributed by atoms with E-state index in [0.29, 0.717) is 79.5 Å². The van der Waals surface area contributed by atoms with Gasteiger partial charge >= 0.3 is 0 Å². The fourth-order valence-electron chi connectivity index (χ4n) is 5.82. The average Bonchev–Trinajstić information content (AvgIpc) is 3.06. The lowest BCUT2D eigenvalue weighted by Crippen LogP contribution is -2.41. The highest BCUT2D eigenvalue weighted by Gasteiger charge is 2.25. The number of aromatic nitrogens is 2. The monoisotopic (exact) mass is 601 g/mol. The highest BCUT2D eigenvalue weighted by Crippen LogP contribution is 2.45. The quantitative estimate of drug-likeness (QED) is 0.223. The number of fused-ring (bicyclic) bond motifs is 1. The molecule has 1 aliphatic rings. The molecule has 232 valence electrons. The highest BCUT2D eigenvalue weighted by molar-refractivity contribution is 5.98. The molecule has 1 aromatic heterocycles. The van der Waals surface area contributed by atoms with Gasteiger partial charge in [0.25, 0.3) is 5.91 Å². The summed E-state index contributed by atoms with van der Waals surface area (Å²) in [6, 6.07) is 12.8. The van der Waals surface area contributed by atoms with Gasteiger partial charge in [0.15, 0.2) is 23.0 Å². The maximum absolute atomic E-state index is 13.3. The summed E-state index contributed by atoms with van der Waals surface area (Å²) in [4.78, 5) is 23.5. The fourth-order valence-corrected chi connectivity index (χ4v) is 5.82. The van der Waals surface area contributed by atoms with Crippen molar-refractivity contribution in [2.45, 2.75) is 38.6 Å². The summed E-state index contributed by atoms with van der Waals surface area (Å²) in [6.45, 7) is 2.20. The number of hydrogen-bond acceptors (Lipinski definition) is 9. The first-order valence-electron chi connectivity index (χ1n) is 14.6. The van der Waals surface area contributed by atoms with Crippen LogP contribution in [0.1, 0.15) is 43.0 Å². The standard InChI is InChI=1S/C34H39N3O7/c1-19-10-8-9-11-23(19)37-34(38)20-12-13-24-25(14-20)36-31(22-17-28(41-4)33(44-7)29(18-22)42-5)30(35-24)21-15-26(39-2)32(43-6)27(16-21)40-3/h12-19,23H,8-11H2,1-7H3,(H,37,38)/t19-,23+/m0/s1. The van der Waals surface area contributed by atoms with Gasteiger partial charge in [0.05, 0.1) is 65.1 Å². The first-order chi connectivity index (χ1) is 21.3. The lowest BCUT2D eigenvalue weighted by molar-refractivity contribution is 0.0910. The van der Waals surface area contributed by atoms with Crippen LogP contribution in [0, 0.1) is 5.92 Å². The summed E-state index contributed by atoms with van der Waals surface area (Å²) in [6.07, 6.45) is 4.44. The minimum absolute atomic E-state index is 0.115. The van der Waals surface area contributed by atoms with E-state index in [-0.39, 0.29) is 11.9 Å². The number of carbonyl (C=O) groups is 1. The summed E-state index contributed by atoms with van der Waals surface area (Å²) >= 11 is 0. The Hall–Kier alpha value is -4.73. The van der Waals surface area contributed by atoms with Gasteiger partial charge in [-0.2, -0.15) is 0 Å². The molecule has 10 nitrogen and oxygen atoms in total. The SMILES string of the molecule is COc1cc(-c2nc3ccc(C(=O)N[C@@H]4CCCC[C@@H]4C)cc3nc2-c2cc(OC)c(OC)c(OC)c2)cc(OC)c1OC. The molecule has 2 atom stereocenters. The van der Waals surface area contributed by atoms with Gasteiger partial charge < -0.3 is 33.7 Å². The fraction of sp³-hybridized carbons (Fsp3) is 0.382. The Morgan fingerprint density at radius 3 is 1.59 bits per heavy atom. The molecule has 0 bridgehead atoms.